The average Bonchev–Trinajstić information content (AvgIpc) is 3.69. The number of fused-ring (bicyclic) bond motifs is 1. The highest BCUT2D eigenvalue weighted by molar-refractivity contribution is 7.09. The first-order valence-electron chi connectivity index (χ1n) is 19.9. The maximum atomic E-state index is 15.0. The number of ether oxygens (including phenoxy) is 2. The van der Waals surface area contributed by atoms with Crippen molar-refractivity contribution in [2.45, 2.75) is 115 Å². The first kappa shape index (κ1) is 43.0. The summed E-state index contributed by atoms with van der Waals surface area (Å²) in [5.74, 6) is -2.41. The molecule has 3 amide bonds. The fraction of sp³-hybridized carbons (Fsp3) is 0.558. The lowest BCUT2D eigenvalue weighted by atomic mass is 9.80. The number of piperidine rings is 1. The number of carbonyl (C=O) groups is 4. The minimum atomic E-state index is -0.917. The monoisotopic (exact) mass is 789 g/mol. The Labute approximate surface area is 335 Å². The second-order valence-electron chi connectivity index (χ2n) is 15.7. The predicted octanol–water partition coefficient (Wildman–Crippen LogP) is 6.18. The molecule has 1 aromatic heterocycles. The Morgan fingerprint density at radius 3 is 2.46 bits per heavy atom. The highest BCUT2D eigenvalue weighted by atomic mass is 32.1. The van der Waals surface area contributed by atoms with Gasteiger partial charge in [-0.25, -0.2) is 4.98 Å². The summed E-state index contributed by atoms with van der Waals surface area (Å²) in [7, 11) is 3.51. The maximum Gasteiger partial charge on any atom is 0.311 e. The van der Waals surface area contributed by atoms with Gasteiger partial charge in [-0.2, -0.15) is 0 Å². The number of carboxylic acid groups (broad SMARTS) is 1. The molecule has 2 aromatic carbocycles. The Morgan fingerprint density at radius 1 is 1.05 bits per heavy atom. The highest BCUT2D eigenvalue weighted by Gasteiger charge is 2.39. The van der Waals surface area contributed by atoms with E-state index in [9.17, 15) is 24.3 Å². The topological polar surface area (TPSA) is 150 Å². The van der Waals surface area contributed by atoms with Crippen molar-refractivity contribution < 1.29 is 33.8 Å². The van der Waals surface area contributed by atoms with Crippen LogP contribution in [0.1, 0.15) is 110 Å². The Balaban J connectivity index is 1.40. The fourth-order valence-electron chi connectivity index (χ4n) is 7.99. The summed E-state index contributed by atoms with van der Waals surface area (Å²) in [4.78, 5) is 63.2. The zero-order chi connectivity index (χ0) is 40.4. The molecule has 0 bridgehead atoms. The second-order valence-corrected chi connectivity index (χ2v) is 16.6. The van der Waals surface area contributed by atoms with Crippen molar-refractivity contribution in [2.24, 2.45) is 11.8 Å². The van der Waals surface area contributed by atoms with Gasteiger partial charge in [-0.15, -0.1) is 11.3 Å². The molecule has 1 aliphatic heterocycles. The SMILES string of the molecule is CCC(C)C(NC(=O)C1CCCCN1C)C(=O)N(Cc1ccccc1)[C@H](C[C@@H](OCOC)c1nc(C(=O)N[C@H]2Cc3ccccc3[C@H](C(=O)O)C2)cs1)C(C)C. The molecule has 2 aliphatic rings. The number of likely N-dealkylation sites (tertiary alicyclic amines) is 1. The van der Waals surface area contributed by atoms with Crippen LogP contribution in [0, 0.1) is 11.8 Å². The van der Waals surface area contributed by atoms with Crippen LogP contribution in [0.3, 0.4) is 0 Å². The number of rotatable bonds is 18. The fourth-order valence-corrected chi connectivity index (χ4v) is 8.85. The highest BCUT2D eigenvalue weighted by Crippen LogP contribution is 2.34. The van der Waals surface area contributed by atoms with E-state index >= 15 is 0 Å². The molecule has 0 spiro atoms. The summed E-state index contributed by atoms with van der Waals surface area (Å²) in [5, 5.41) is 18.4. The molecule has 56 heavy (non-hydrogen) atoms. The van der Waals surface area contributed by atoms with Crippen LogP contribution in [0.5, 0.6) is 0 Å². The van der Waals surface area contributed by atoms with Crippen molar-refractivity contribution in [1.82, 2.24) is 25.4 Å². The maximum absolute atomic E-state index is 15.0. The van der Waals surface area contributed by atoms with Crippen molar-refractivity contribution in [2.75, 3.05) is 27.5 Å². The van der Waals surface area contributed by atoms with Crippen LogP contribution >= 0.6 is 11.3 Å². The first-order valence-corrected chi connectivity index (χ1v) is 20.8. The van der Waals surface area contributed by atoms with Crippen LogP contribution in [0.15, 0.2) is 60.0 Å². The van der Waals surface area contributed by atoms with E-state index in [0.29, 0.717) is 30.8 Å². The molecule has 3 unspecified atom stereocenters. The molecule has 12 nitrogen and oxygen atoms in total. The minimum absolute atomic E-state index is 0.0202. The van der Waals surface area contributed by atoms with E-state index < -0.39 is 24.0 Å². The van der Waals surface area contributed by atoms with E-state index in [4.69, 9.17) is 14.5 Å². The van der Waals surface area contributed by atoms with Gasteiger partial charge < -0.3 is 30.1 Å². The van der Waals surface area contributed by atoms with E-state index in [1.165, 1.54) is 11.3 Å². The number of nitrogens with zero attached hydrogens (tertiary/aromatic N) is 3. The van der Waals surface area contributed by atoms with Crippen LogP contribution in [-0.4, -0.2) is 95.2 Å². The van der Waals surface area contributed by atoms with Gasteiger partial charge in [0.05, 0.1) is 12.0 Å². The standard InChI is InChI=1S/C43H59N5O7S/c1-7-28(4)38(46-40(50)35-19-13-14-20-47(35)5)42(51)48(24-29-15-9-8-10-16-29)36(27(2)3)23-37(55-26-54-6)41-45-34(25-56-41)39(49)44-31-21-30-17-11-12-18-32(30)33(22-31)43(52)53/h8-12,15-18,25,27-28,31,33,35-38H,7,13-14,19-24,26H2,1-6H3,(H,44,49)(H,46,50)(H,52,53)/t28?,31-,33+,35?,36+,37+,38?/m0/s1. The summed E-state index contributed by atoms with van der Waals surface area (Å²) >= 11 is 1.30. The molecule has 0 radical (unpaired) electrons. The molecule has 7 atom stereocenters. The second kappa shape index (κ2) is 20.3. The lowest BCUT2D eigenvalue weighted by Gasteiger charge is -2.40. The summed E-state index contributed by atoms with van der Waals surface area (Å²) < 4.78 is 11.6. The normalized spacial score (nSPS) is 20.7. The van der Waals surface area contributed by atoms with Crippen molar-refractivity contribution in [3.8, 4) is 0 Å². The van der Waals surface area contributed by atoms with Crippen LogP contribution in [0.4, 0.5) is 0 Å². The van der Waals surface area contributed by atoms with Crippen LogP contribution in [-0.2, 0) is 36.8 Å². The molecule has 5 rings (SSSR count). The molecule has 1 aliphatic carbocycles. The van der Waals surface area contributed by atoms with Crippen molar-refractivity contribution in [3.63, 3.8) is 0 Å². The summed E-state index contributed by atoms with van der Waals surface area (Å²) in [6.07, 6.45) is 4.04. The van der Waals surface area contributed by atoms with E-state index in [0.717, 1.165) is 42.5 Å². The third kappa shape index (κ3) is 10.8. The van der Waals surface area contributed by atoms with Crippen molar-refractivity contribution in [3.05, 3.63) is 87.4 Å². The summed E-state index contributed by atoms with van der Waals surface area (Å²) in [5.41, 5.74) is 2.88. The van der Waals surface area contributed by atoms with Gasteiger partial charge in [0.2, 0.25) is 11.8 Å². The molecule has 1 fully saturated rings. The zero-order valence-corrected chi connectivity index (χ0v) is 34.4. The zero-order valence-electron chi connectivity index (χ0n) is 33.6. The molecule has 304 valence electrons. The van der Waals surface area contributed by atoms with Gasteiger partial charge in [-0.1, -0.05) is 95.1 Å². The third-order valence-electron chi connectivity index (χ3n) is 11.4. The number of hydrogen-bond donors (Lipinski definition) is 3. The van der Waals surface area contributed by atoms with Gasteiger partial charge in [0, 0.05) is 37.5 Å². The van der Waals surface area contributed by atoms with Crippen molar-refractivity contribution >= 4 is 35.0 Å². The van der Waals surface area contributed by atoms with E-state index in [-0.39, 0.29) is 66.6 Å². The smallest absolute Gasteiger partial charge is 0.311 e. The Kier molecular flexibility index (Phi) is 15.6. The number of hydrogen-bond acceptors (Lipinski definition) is 9. The molecule has 3 N–H and O–H groups in total. The van der Waals surface area contributed by atoms with Gasteiger partial charge in [0.1, 0.15) is 29.6 Å². The number of methoxy groups -OCH3 is 1. The largest absolute Gasteiger partial charge is 0.481 e. The molecule has 1 saturated heterocycles. The average molecular weight is 790 g/mol. The van der Waals surface area contributed by atoms with Crippen LogP contribution < -0.4 is 10.6 Å². The number of aliphatic carboxylic acids is 1. The van der Waals surface area contributed by atoms with Gasteiger partial charge in [0.15, 0.2) is 0 Å². The predicted molar refractivity (Wildman–Crippen MR) is 216 cm³/mol. The summed E-state index contributed by atoms with van der Waals surface area (Å²) in [6, 6.07) is 15.6. The number of carbonyl (C=O) groups excluding carboxylic acids is 3. The van der Waals surface area contributed by atoms with Crippen LogP contribution in [0.25, 0.3) is 0 Å². The minimum Gasteiger partial charge on any atom is -0.481 e. The van der Waals surface area contributed by atoms with Gasteiger partial charge in [0.25, 0.3) is 5.91 Å². The number of carboxylic acids is 1. The molecule has 0 saturated carbocycles. The molecular weight excluding hydrogens is 731 g/mol. The summed E-state index contributed by atoms with van der Waals surface area (Å²) in [6.45, 7) is 9.35. The number of aromatic nitrogens is 1. The third-order valence-corrected chi connectivity index (χ3v) is 12.4. The van der Waals surface area contributed by atoms with E-state index in [1.807, 2.05) is 80.4 Å². The first-order chi connectivity index (χ1) is 26.9. The van der Waals surface area contributed by atoms with E-state index in [2.05, 4.69) is 29.4 Å². The molecule has 2 heterocycles. The number of amides is 3. The Morgan fingerprint density at radius 2 is 1.79 bits per heavy atom. The number of likely N-dealkylation sites (N-methyl/N-ethyl adjacent to an activating group) is 1. The number of benzene rings is 2. The lowest BCUT2D eigenvalue weighted by molar-refractivity contribution is -0.144. The van der Waals surface area contributed by atoms with Crippen LogP contribution in [0.2, 0.25) is 0 Å². The quantitative estimate of drug-likeness (QED) is 0.129. The molecule has 3 aromatic rings. The lowest BCUT2D eigenvalue weighted by Crippen LogP contribution is -2.58. The number of thiazole rings is 1. The molecular formula is C43H59N5O7S. The van der Waals surface area contributed by atoms with Gasteiger partial charge in [-0.3, -0.25) is 24.1 Å². The Hall–Kier alpha value is -4.17. The molecule has 13 heteroatoms. The van der Waals surface area contributed by atoms with Gasteiger partial charge >= 0.3 is 5.97 Å². The van der Waals surface area contributed by atoms with Gasteiger partial charge in [-0.05, 0) is 67.8 Å². The van der Waals surface area contributed by atoms with Crippen molar-refractivity contribution in [1.29, 1.82) is 0 Å². The number of nitrogens with one attached hydrogen (secondary N) is 2. The Bertz CT molecular complexity index is 1770. The van der Waals surface area contributed by atoms with E-state index in [1.54, 1.807) is 12.5 Å².